The van der Waals surface area contributed by atoms with Gasteiger partial charge in [0.25, 0.3) is 5.91 Å². The third-order valence-electron chi connectivity index (χ3n) is 3.32. The van der Waals surface area contributed by atoms with Gasteiger partial charge in [-0.05, 0) is 42.5 Å². The summed E-state index contributed by atoms with van der Waals surface area (Å²) in [6, 6.07) is 12.9. The average Bonchev–Trinajstić information content (AvgIpc) is 2.98. The van der Waals surface area contributed by atoms with Gasteiger partial charge in [0.2, 0.25) is 0 Å². The third kappa shape index (κ3) is 3.78. The Bertz CT molecular complexity index is 966. The molecule has 1 aromatic heterocycles. The van der Waals surface area contributed by atoms with Gasteiger partial charge in [-0.25, -0.2) is 0 Å². The second-order valence-corrected chi connectivity index (χ2v) is 5.85. The average molecular weight is 374 g/mol. The number of amides is 1. The van der Waals surface area contributed by atoms with Gasteiger partial charge in [-0.3, -0.25) is 10.1 Å². The van der Waals surface area contributed by atoms with E-state index in [2.05, 4.69) is 10.6 Å². The Hall–Kier alpha value is -2.90. The highest BCUT2D eigenvalue weighted by molar-refractivity contribution is 7.80. The number of halogens is 1. The molecule has 126 valence electrons. The Balaban J connectivity index is 1.68. The summed E-state index contributed by atoms with van der Waals surface area (Å²) in [6.07, 6.45) is 0. The maximum Gasteiger partial charge on any atom is 0.293 e. The molecule has 1 amide bonds. The molecule has 3 rings (SSSR count). The van der Waals surface area contributed by atoms with E-state index in [9.17, 15) is 14.7 Å². The number of fused-ring (bicyclic) bond motifs is 1. The summed E-state index contributed by atoms with van der Waals surface area (Å²) in [5.74, 6) is -1.76. The van der Waals surface area contributed by atoms with Gasteiger partial charge in [-0.2, -0.15) is 0 Å². The van der Waals surface area contributed by atoms with Crippen LogP contribution in [0.5, 0.6) is 0 Å². The number of furan rings is 1. The number of anilines is 1. The Morgan fingerprint density at radius 2 is 1.88 bits per heavy atom. The van der Waals surface area contributed by atoms with Gasteiger partial charge in [-0.1, -0.05) is 29.8 Å². The summed E-state index contributed by atoms with van der Waals surface area (Å²) in [5.41, 5.74) is 0.880. The lowest BCUT2D eigenvalue weighted by atomic mass is 10.2. The van der Waals surface area contributed by atoms with E-state index in [-0.39, 0.29) is 21.5 Å². The monoisotopic (exact) mass is 373 g/mol. The summed E-state index contributed by atoms with van der Waals surface area (Å²) >= 11 is 10.9. The number of carbonyl (C=O) groups is 2. The van der Waals surface area contributed by atoms with E-state index in [1.807, 2.05) is 12.1 Å². The first-order valence-corrected chi connectivity index (χ1v) is 7.84. The molecule has 0 aliphatic carbocycles. The summed E-state index contributed by atoms with van der Waals surface area (Å²) in [4.78, 5) is 23.0. The summed E-state index contributed by atoms with van der Waals surface area (Å²) in [6.45, 7) is 0. The molecule has 6 nitrogen and oxygen atoms in total. The number of carboxylic acid groups (broad SMARTS) is 1. The zero-order valence-electron chi connectivity index (χ0n) is 12.5. The highest BCUT2D eigenvalue weighted by Gasteiger charge is 2.14. The van der Waals surface area contributed by atoms with Crippen LogP contribution in [0.3, 0.4) is 0 Å². The third-order valence-corrected chi connectivity index (χ3v) is 3.84. The number of nitrogens with one attached hydrogen (secondary N) is 2. The predicted molar refractivity (Wildman–Crippen MR) is 95.7 cm³/mol. The van der Waals surface area contributed by atoms with Gasteiger partial charge in [-0.15, -0.1) is 0 Å². The maximum absolute atomic E-state index is 12.2. The van der Waals surface area contributed by atoms with Crippen molar-refractivity contribution in [3.8, 4) is 0 Å². The van der Waals surface area contributed by atoms with Crippen LogP contribution in [0.4, 0.5) is 5.69 Å². The standard InChI is InChI=1S/C17H11ClN2O4S/c18-12-8-10(5-6-11(12)16(22)23)19-17(25)20-15(21)14-7-9-3-1-2-4-13(9)24-14/h1-8H,(H,22,23)(H2,19,20,21,25)/p-1. The van der Waals surface area contributed by atoms with Gasteiger partial charge < -0.3 is 19.6 Å². The van der Waals surface area contributed by atoms with Gasteiger partial charge in [0.1, 0.15) is 5.58 Å². The van der Waals surface area contributed by atoms with Crippen molar-refractivity contribution in [2.75, 3.05) is 5.32 Å². The van der Waals surface area contributed by atoms with E-state index < -0.39 is 11.9 Å². The molecule has 25 heavy (non-hydrogen) atoms. The minimum absolute atomic E-state index is 0.00332. The molecule has 2 aromatic carbocycles. The number of para-hydroxylation sites is 1. The van der Waals surface area contributed by atoms with E-state index >= 15 is 0 Å². The molecule has 0 saturated carbocycles. The van der Waals surface area contributed by atoms with Crippen LogP contribution in [0, 0.1) is 0 Å². The molecule has 0 spiro atoms. The molecule has 0 aliphatic rings. The first-order valence-electron chi connectivity index (χ1n) is 7.06. The van der Waals surface area contributed by atoms with Crippen LogP contribution in [0.25, 0.3) is 11.0 Å². The number of hydrogen-bond donors (Lipinski definition) is 2. The topological polar surface area (TPSA) is 94.4 Å². The van der Waals surface area contributed by atoms with Crippen LogP contribution in [-0.2, 0) is 0 Å². The molecule has 8 heteroatoms. The van der Waals surface area contributed by atoms with Crippen LogP contribution in [0.15, 0.2) is 52.9 Å². The van der Waals surface area contributed by atoms with E-state index in [4.69, 9.17) is 28.2 Å². The molecule has 0 aliphatic heterocycles. The van der Waals surface area contributed by atoms with Crippen molar-refractivity contribution >= 4 is 57.5 Å². The zero-order chi connectivity index (χ0) is 18.0. The van der Waals surface area contributed by atoms with E-state index in [1.165, 1.54) is 18.2 Å². The molecular weight excluding hydrogens is 364 g/mol. The second kappa shape index (κ2) is 6.92. The number of benzene rings is 2. The van der Waals surface area contributed by atoms with E-state index in [0.717, 1.165) is 5.39 Å². The van der Waals surface area contributed by atoms with Crippen LogP contribution >= 0.6 is 23.8 Å². The fraction of sp³-hybridized carbons (Fsp3) is 0. The van der Waals surface area contributed by atoms with Crippen molar-refractivity contribution in [2.45, 2.75) is 0 Å². The number of thiocarbonyl (C=S) groups is 1. The second-order valence-electron chi connectivity index (χ2n) is 5.04. The van der Waals surface area contributed by atoms with Gasteiger partial charge >= 0.3 is 0 Å². The highest BCUT2D eigenvalue weighted by Crippen LogP contribution is 2.21. The van der Waals surface area contributed by atoms with Gasteiger partial charge in [0, 0.05) is 16.6 Å². The van der Waals surface area contributed by atoms with Crippen molar-refractivity contribution in [3.05, 3.63) is 64.9 Å². The Kier molecular flexibility index (Phi) is 4.69. The SMILES string of the molecule is O=C(NC(=S)Nc1ccc(C(=O)[O-])c(Cl)c1)c1cc2ccccc2o1. The minimum atomic E-state index is -1.38. The predicted octanol–water partition coefficient (Wildman–Crippen LogP) is 2.58. The Morgan fingerprint density at radius 3 is 2.56 bits per heavy atom. The molecule has 0 bridgehead atoms. The molecule has 0 fully saturated rings. The van der Waals surface area contributed by atoms with Crippen molar-refractivity contribution in [2.24, 2.45) is 0 Å². The normalized spacial score (nSPS) is 10.4. The van der Waals surface area contributed by atoms with Crippen LogP contribution in [0.2, 0.25) is 5.02 Å². The van der Waals surface area contributed by atoms with Crippen molar-refractivity contribution in [1.82, 2.24) is 5.32 Å². The number of rotatable bonds is 3. The molecule has 2 N–H and O–H groups in total. The number of carbonyl (C=O) groups excluding carboxylic acids is 2. The molecule has 0 unspecified atom stereocenters. The number of aromatic carboxylic acids is 1. The van der Waals surface area contributed by atoms with E-state index in [1.54, 1.807) is 18.2 Å². The van der Waals surface area contributed by atoms with Crippen molar-refractivity contribution < 1.29 is 19.1 Å². The summed E-state index contributed by atoms with van der Waals surface area (Å²) < 4.78 is 5.45. The largest absolute Gasteiger partial charge is 0.545 e. The fourth-order valence-corrected chi connectivity index (χ4v) is 2.65. The fourth-order valence-electron chi connectivity index (χ4n) is 2.18. The first kappa shape index (κ1) is 16.9. The number of hydrogen-bond acceptors (Lipinski definition) is 5. The molecule has 1 heterocycles. The van der Waals surface area contributed by atoms with Crippen LogP contribution < -0.4 is 15.7 Å². The van der Waals surface area contributed by atoms with Crippen molar-refractivity contribution in [1.29, 1.82) is 0 Å². The molecule has 0 radical (unpaired) electrons. The number of carboxylic acids is 1. The molecule has 0 atom stereocenters. The van der Waals surface area contributed by atoms with E-state index in [0.29, 0.717) is 11.3 Å². The lowest BCUT2D eigenvalue weighted by Crippen LogP contribution is -2.33. The van der Waals surface area contributed by atoms with Crippen molar-refractivity contribution in [3.63, 3.8) is 0 Å². The van der Waals surface area contributed by atoms with Gasteiger partial charge in [0.05, 0.1) is 11.0 Å². The summed E-state index contributed by atoms with van der Waals surface area (Å²) in [5, 5.41) is 16.9. The minimum Gasteiger partial charge on any atom is -0.545 e. The Morgan fingerprint density at radius 1 is 1.12 bits per heavy atom. The molecule has 0 saturated heterocycles. The van der Waals surface area contributed by atoms with Crippen LogP contribution in [0.1, 0.15) is 20.9 Å². The smallest absolute Gasteiger partial charge is 0.293 e. The lowest BCUT2D eigenvalue weighted by molar-refractivity contribution is -0.255. The molecular formula is C17H10ClN2O4S-. The maximum atomic E-state index is 12.2. The van der Waals surface area contributed by atoms with Gasteiger partial charge in [0.15, 0.2) is 10.9 Å². The quantitative estimate of drug-likeness (QED) is 0.685. The highest BCUT2D eigenvalue weighted by atomic mass is 35.5. The molecule has 3 aromatic rings. The zero-order valence-corrected chi connectivity index (χ0v) is 14.1. The first-order chi connectivity index (χ1) is 11.9. The Labute approximate surface area is 152 Å². The lowest BCUT2D eigenvalue weighted by Gasteiger charge is -2.11. The summed E-state index contributed by atoms with van der Waals surface area (Å²) in [7, 11) is 0. The van der Waals surface area contributed by atoms with Crippen LogP contribution in [-0.4, -0.2) is 17.0 Å².